The quantitative estimate of drug-likeness (QED) is 0.285. The smallest absolute Gasteiger partial charge is 0.320 e. The summed E-state index contributed by atoms with van der Waals surface area (Å²) in [6.45, 7) is 7.14. The predicted octanol–water partition coefficient (Wildman–Crippen LogP) is 4.39. The van der Waals surface area contributed by atoms with Crippen LogP contribution in [0.15, 0.2) is 60.7 Å². The first kappa shape index (κ1) is 27.5. The van der Waals surface area contributed by atoms with Crippen molar-refractivity contribution in [2.45, 2.75) is 39.8 Å². The molecule has 0 aliphatic rings. The van der Waals surface area contributed by atoms with E-state index in [9.17, 15) is 9.59 Å². The minimum atomic E-state index is -0.907. The molecular weight excluding hydrogens is 428 g/mol. The summed E-state index contributed by atoms with van der Waals surface area (Å²) in [6, 6.07) is 20.6. The number of rotatable bonds is 15. The van der Waals surface area contributed by atoms with E-state index < -0.39 is 17.9 Å². The second kappa shape index (κ2) is 15.3. The number of carbonyl (C=O) groups excluding carboxylic acids is 2. The number of esters is 2. The molecule has 0 unspecified atom stereocenters. The summed E-state index contributed by atoms with van der Waals surface area (Å²) >= 11 is 0. The zero-order valence-electron chi connectivity index (χ0n) is 21.1. The maximum absolute atomic E-state index is 12.8. The van der Waals surface area contributed by atoms with Gasteiger partial charge >= 0.3 is 11.9 Å². The van der Waals surface area contributed by atoms with E-state index in [-0.39, 0.29) is 19.1 Å². The minimum absolute atomic E-state index is 0.172. The molecule has 2 aromatic carbocycles. The molecule has 0 aliphatic heterocycles. The molecule has 0 amide bonds. The van der Waals surface area contributed by atoms with E-state index in [1.165, 1.54) is 11.1 Å². The molecule has 0 N–H and O–H groups in total. The number of ether oxygens (including phenoxy) is 2. The van der Waals surface area contributed by atoms with Crippen molar-refractivity contribution in [2.24, 2.45) is 11.8 Å². The van der Waals surface area contributed by atoms with Crippen LogP contribution >= 0.6 is 0 Å². The van der Waals surface area contributed by atoms with Crippen molar-refractivity contribution < 1.29 is 19.1 Å². The molecule has 2 rings (SSSR count). The van der Waals surface area contributed by atoms with E-state index in [1.807, 2.05) is 36.4 Å². The second-order valence-electron chi connectivity index (χ2n) is 8.77. The average Bonchev–Trinajstić information content (AvgIpc) is 2.82. The van der Waals surface area contributed by atoms with Gasteiger partial charge in [-0.1, -0.05) is 60.7 Å². The molecule has 2 aromatic rings. The zero-order valence-corrected chi connectivity index (χ0v) is 21.1. The van der Waals surface area contributed by atoms with Gasteiger partial charge in [0.15, 0.2) is 5.92 Å². The number of hydrogen-bond donors (Lipinski definition) is 0. The molecule has 6 heteroatoms. The topological polar surface area (TPSA) is 59.1 Å². The molecule has 0 radical (unpaired) electrons. The summed E-state index contributed by atoms with van der Waals surface area (Å²) in [7, 11) is 4.13. The van der Waals surface area contributed by atoms with Crippen LogP contribution in [-0.2, 0) is 32.2 Å². The highest BCUT2D eigenvalue weighted by molar-refractivity contribution is 5.95. The lowest BCUT2D eigenvalue weighted by atomic mass is 9.86. The van der Waals surface area contributed by atoms with Crippen LogP contribution in [0, 0.1) is 11.8 Å². The van der Waals surface area contributed by atoms with Crippen molar-refractivity contribution >= 4 is 11.9 Å². The van der Waals surface area contributed by atoms with Crippen molar-refractivity contribution in [1.82, 2.24) is 9.80 Å². The predicted molar refractivity (Wildman–Crippen MR) is 135 cm³/mol. The molecular formula is C28H40N2O4. The third kappa shape index (κ3) is 9.65. The van der Waals surface area contributed by atoms with Crippen molar-refractivity contribution in [3.05, 3.63) is 71.8 Å². The Morgan fingerprint density at radius 2 is 1.09 bits per heavy atom. The van der Waals surface area contributed by atoms with Crippen LogP contribution in [0.1, 0.15) is 37.8 Å². The Morgan fingerprint density at radius 1 is 0.706 bits per heavy atom. The van der Waals surface area contributed by atoms with Crippen LogP contribution in [0.5, 0.6) is 0 Å². The first-order valence-electron chi connectivity index (χ1n) is 12.2. The largest absolute Gasteiger partial charge is 0.465 e. The van der Waals surface area contributed by atoms with Crippen molar-refractivity contribution in [2.75, 3.05) is 40.4 Å². The summed E-state index contributed by atoms with van der Waals surface area (Å²) in [6.07, 6.45) is 1.40. The van der Waals surface area contributed by atoms with E-state index >= 15 is 0 Å². The second-order valence-corrected chi connectivity index (χ2v) is 8.77. The Labute approximate surface area is 204 Å². The third-order valence-corrected chi connectivity index (χ3v) is 5.91. The highest BCUT2D eigenvalue weighted by atomic mass is 16.6. The van der Waals surface area contributed by atoms with Gasteiger partial charge in [-0.2, -0.15) is 0 Å². The van der Waals surface area contributed by atoms with Gasteiger partial charge in [0.1, 0.15) is 0 Å². The van der Waals surface area contributed by atoms with Gasteiger partial charge in [-0.3, -0.25) is 9.59 Å². The van der Waals surface area contributed by atoms with Crippen molar-refractivity contribution in [1.29, 1.82) is 0 Å². The van der Waals surface area contributed by atoms with Gasteiger partial charge in [-0.05, 0) is 70.9 Å². The molecule has 0 saturated heterocycles. The molecule has 186 valence electrons. The number of carbonyl (C=O) groups is 2. The fourth-order valence-electron chi connectivity index (χ4n) is 4.14. The van der Waals surface area contributed by atoms with Gasteiger partial charge in [-0.25, -0.2) is 0 Å². The lowest BCUT2D eigenvalue weighted by molar-refractivity contribution is -0.164. The normalized spacial score (nSPS) is 11.4. The molecule has 34 heavy (non-hydrogen) atoms. The Balaban J connectivity index is 2.09. The van der Waals surface area contributed by atoms with Gasteiger partial charge in [0.25, 0.3) is 0 Å². The first-order valence-corrected chi connectivity index (χ1v) is 12.2. The number of benzene rings is 2. The van der Waals surface area contributed by atoms with Crippen LogP contribution < -0.4 is 0 Å². The summed E-state index contributed by atoms with van der Waals surface area (Å²) in [5.74, 6) is -2.05. The molecule has 0 aromatic heterocycles. The molecule has 0 atom stereocenters. The summed E-state index contributed by atoms with van der Waals surface area (Å²) in [5, 5.41) is 0. The molecule has 0 spiro atoms. The van der Waals surface area contributed by atoms with Crippen molar-refractivity contribution in [3.8, 4) is 0 Å². The number of hydrogen-bond acceptors (Lipinski definition) is 6. The lowest BCUT2D eigenvalue weighted by Crippen LogP contribution is -2.37. The number of nitrogens with zero attached hydrogens (tertiary/aromatic N) is 2. The van der Waals surface area contributed by atoms with E-state index in [1.54, 1.807) is 13.8 Å². The van der Waals surface area contributed by atoms with Crippen LogP contribution in [0.3, 0.4) is 0 Å². The molecule has 6 nitrogen and oxygen atoms in total. The maximum atomic E-state index is 12.8. The maximum Gasteiger partial charge on any atom is 0.320 e. The fourth-order valence-corrected chi connectivity index (χ4v) is 4.14. The SMILES string of the molecule is CCOC(=O)C(C(=O)OCC)C(CCN(C)Cc1ccccc1)CCN(C)Cc1ccccc1. The Morgan fingerprint density at radius 3 is 1.44 bits per heavy atom. The average molecular weight is 469 g/mol. The molecule has 0 heterocycles. The summed E-state index contributed by atoms with van der Waals surface area (Å²) in [4.78, 5) is 30.1. The first-order chi connectivity index (χ1) is 16.4. The molecule has 0 fully saturated rings. The van der Waals surface area contributed by atoms with E-state index in [0.717, 1.165) is 26.2 Å². The van der Waals surface area contributed by atoms with E-state index in [0.29, 0.717) is 12.8 Å². The Kier molecular flexibility index (Phi) is 12.4. The summed E-state index contributed by atoms with van der Waals surface area (Å²) in [5.41, 5.74) is 2.47. The third-order valence-electron chi connectivity index (χ3n) is 5.91. The van der Waals surface area contributed by atoms with Crippen molar-refractivity contribution in [3.63, 3.8) is 0 Å². The van der Waals surface area contributed by atoms with Gasteiger partial charge in [0.2, 0.25) is 0 Å². The van der Waals surface area contributed by atoms with Crippen LogP contribution in [0.4, 0.5) is 0 Å². The monoisotopic (exact) mass is 468 g/mol. The Hall–Kier alpha value is -2.70. The fraction of sp³-hybridized carbons (Fsp3) is 0.500. The molecule has 0 bridgehead atoms. The highest BCUT2D eigenvalue weighted by Crippen LogP contribution is 2.25. The lowest BCUT2D eigenvalue weighted by Gasteiger charge is -2.28. The standard InChI is InChI=1S/C28H40N2O4/c1-5-33-27(31)26(28(32)34-6-2)25(17-19-29(3)21-23-13-9-7-10-14-23)18-20-30(4)22-24-15-11-8-12-16-24/h7-16,25-26H,5-6,17-22H2,1-4H3. The molecule has 0 aliphatic carbocycles. The highest BCUT2D eigenvalue weighted by Gasteiger charge is 2.37. The summed E-state index contributed by atoms with van der Waals surface area (Å²) < 4.78 is 10.6. The van der Waals surface area contributed by atoms with Gasteiger partial charge < -0.3 is 19.3 Å². The van der Waals surface area contributed by atoms with Crippen LogP contribution in [0.25, 0.3) is 0 Å². The van der Waals surface area contributed by atoms with E-state index in [4.69, 9.17) is 9.47 Å². The van der Waals surface area contributed by atoms with Crippen LogP contribution in [-0.4, -0.2) is 62.1 Å². The van der Waals surface area contributed by atoms with Gasteiger partial charge in [-0.15, -0.1) is 0 Å². The van der Waals surface area contributed by atoms with Gasteiger partial charge in [0.05, 0.1) is 13.2 Å². The van der Waals surface area contributed by atoms with Gasteiger partial charge in [0, 0.05) is 13.1 Å². The molecule has 0 saturated carbocycles. The Bertz CT molecular complexity index is 774. The van der Waals surface area contributed by atoms with Crippen LogP contribution in [0.2, 0.25) is 0 Å². The zero-order chi connectivity index (χ0) is 24.8. The van der Waals surface area contributed by atoms with E-state index in [2.05, 4.69) is 48.2 Å². The minimum Gasteiger partial charge on any atom is -0.465 e.